The number of methoxy groups -OCH3 is 1. The fraction of sp³-hybridized carbons (Fsp3) is 0.192. The van der Waals surface area contributed by atoms with Crippen LogP contribution in [-0.4, -0.2) is 30.1 Å². The zero-order valence-corrected chi connectivity index (χ0v) is 17.2. The molecule has 3 aromatic carbocycles. The van der Waals surface area contributed by atoms with E-state index in [1.807, 2.05) is 97.1 Å². The Hall–Kier alpha value is -3.57. The van der Waals surface area contributed by atoms with Crippen molar-refractivity contribution in [3.05, 3.63) is 114 Å². The molecule has 1 saturated heterocycles. The molecular formula is C26H23NO4. The van der Waals surface area contributed by atoms with E-state index in [0.29, 0.717) is 12.2 Å². The van der Waals surface area contributed by atoms with Crippen LogP contribution in [0.1, 0.15) is 29.2 Å². The Balaban J connectivity index is 1.57. The van der Waals surface area contributed by atoms with E-state index in [1.54, 1.807) is 4.90 Å². The zero-order chi connectivity index (χ0) is 21.3. The molecule has 0 bridgehead atoms. The summed E-state index contributed by atoms with van der Waals surface area (Å²) < 4.78 is 17.7. The summed E-state index contributed by atoms with van der Waals surface area (Å²) in [6.45, 7) is 0. The van der Waals surface area contributed by atoms with Crippen molar-refractivity contribution in [3.8, 4) is 0 Å². The molecule has 3 aromatic rings. The molecule has 2 heterocycles. The van der Waals surface area contributed by atoms with Crippen molar-refractivity contribution in [2.75, 3.05) is 7.11 Å². The molecule has 0 aromatic heterocycles. The van der Waals surface area contributed by atoms with Gasteiger partial charge in [-0.25, -0.2) is 4.79 Å². The average Bonchev–Trinajstić information content (AvgIpc) is 3.13. The number of hydrogen-bond acceptors (Lipinski definition) is 4. The van der Waals surface area contributed by atoms with Gasteiger partial charge in [-0.05, 0) is 17.2 Å². The normalized spacial score (nSPS) is 22.5. The highest BCUT2D eigenvalue weighted by Gasteiger charge is 2.61. The highest BCUT2D eigenvalue weighted by molar-refractivity contribution is 5.74. The minimum atomic E-state index is -1.50. The molecule has 0 radical (unpaired) electrons. The summed E-state index contributed by atoms with van der Waals surface area (Å²) in [4.78, 5) is 15.0. The number of fused-ring (bicyclic) bond motifs is 1. The summed E-state index contributed by atoms with van der Waals surface area (Å²) in [5.41, 5.74) is 2.90. The third kappa shape index (κ3) is 3.37. The molecule has 31 heavy (non-hydrogen) atoms. The first-order valence-corrected chi connectivity index (χ1v) is 10.3. The monoisotopic (exact) mass is 413 g/mol. The molecular weight excluding hydrogens is 390 g/mol. The molecule has 5 heteroatoms. The first kappa shape index (κ1) is 19.4. The van der Waals surface area contributed by atoms with Gasteiger partial charge in [0.2, 0.25) is 0 Å². The Morgan fingerprint density at radius 1 is 0.871 bits per heavy atom. The standard InChI is InChI=1S/C26H23NO4/c1-29-26-23(18-17-22(30-26)19-11-5-2-6-12-19)27(25(28)31-26)24(20-13-7-3-8-14-20)21-15-9-4-10-16-21/h2-17,23-24H,18H2,1H3. The lowest BCUT2D eigenvalue weighted by atomic mass is 9.94. The summed E-state index contributed by atoms with van der Waals surface area (Å²) in [5, 5.41) is 0. The van der Waals surface area contributed by atoms with Crippen molar-refractivity contribution >= 4 is 11.9 Å². The molecule has 5 rings (SSSR count). The van der Waals surface area contributed by atoms with Crippen molar-refractivity contribution in [3.63, 3.8) is 0 Å². The van der Waals surface area contributed by atoms with E-state index in [1.165, 1.54) is 7.11 Å². The van der Waals surface area contributed by atoms with E-state index in [9.17, 15) is 4.79 Å². The number of benzene rings is 3. The van der Waals surface area contributed by atoms with Crippen LogP contribution in [0.2, 0.25) is 0 Å². The van der Waals surface area contributed by atoms with Gasteiger partial charge in [0.25, 0.3) is 0 Å². The fourth-order valence-corrected chi connectivity index (χ4v) is 4.37. The second-order valence-electron chi connectivity index (χ2n) is 7.59. The number of rotatable bonds is 5. The van der Waals surface area contributed by atoms with Crippen LogP contribution in [0, 0.1) is 0 Å². The van der Waals surface area contributed by atoms with Crippen LogP contribution < -0.4 is 0 Å². The van der Waals surface area contributed by atoms with E-state index < -0.39 is 18.1 Å². The Labute approximate surface area is 181 Å². The van der Waals surface area contributed by atoms with E-state index >= 15 is 0 Å². The lowest BCUT2D eigenvalue weighted by Gasteiger charge is -2.38. The van der Waals surface area contributed by atoms with Crippen LogP contribution in [0.5, 0.6) is 0 Å². The maximum atomic E-state index is 13.3. The molecule has 156 valence electrons. The maximum Gasteiger partial charge on any atom is 0.416 e. The predicted molar refractivity (Wildman–Crippen MR) is 117 cm³/mol. The topological polar surface area (TPSA) is 48.0 Å². The molecule has 1 fully saturated rings. The number of nitrogens with zero attached hydrogens (tertiary/aromatic N) is 1. The fourth-order valence-electron chi connectivity index (χ4n) is 4.37. The number of carbonyl (C=O) groups excluding carboxylic acids is 1. The van der Waals surface area contributed by atoms with Gasteiger partial charge in [0.1, 0.15) is 11.8 Å². The van der Waals surface area contributed by atoms with Crippen molar-refractivity contribution in [1.82, 2.24) is 4.90 Å². The van der Waals surface area contributed by atoms with Gasteiger partial charge in [-0.2, -0.15) is 0 Å². The average molecular weight is 413 g/mol. The second-order valence-corrected chi connectivity index (χ2v) is 7.59. The van der Waals surface area contributed by atoms with Crippen LogP contribution in [0.4, 0.5) is 4.79 Å². The van der Waals surface area contributed by atoms with Crippen LogP contribution in [-0.2, 0) is 14.2 Å². The Kier molecular flexibility index (Phi) is 4.96. The quantitative estimate of drug-likeness (QED) is 0.565. The first-order valence-electron chi connectivity index (χ1n) is 10.3. The third-order valence-electron chi connectivity index (χ3n) is 5.81. The van der Waals surface area contributed by atoms with Crippen LogP contribution in [0.15, 0.2) is 97.1 Å². The molecule has 2 atom stereocenters. The molecule has 0 saturated carbocycles. The first-order chi connectivity index (χ1) is 15.2. The van der Waals surface area contributed by atoms with E-state index in [4.69, 9.17) is 14.2 Å². The van der Waals surface area contributed by atoms with Crippen molar-refractivity contribution in [1.29, 1.82) is 0 Å². The summed E-state index contributed by atoms with van der Waals surface area (Å²) in [7, 11) is 1.51. The van der Waals surface area contributed by atoms with E-state index in [-0.39, 0.29) is 6.04 Å². The lowest BCUT2D eigenvalue weighted by Crippen LogP contribution is -2.51. The van der Waals surface area contributed by atoms with Gasteiger partial charge in [0.15, 0.2) is 0 Å². The van der Waals surface area contributed by atoms with Gasteiger partial charge in [0.05, 0.1) is 6.04 Å². The predicted octanol–water partition coefficient (Wildman–Crippen LogP) is 5.36. The smallest absolute Gasteiger partial charge is 0.416 e. The molecule has 0 spiro atoms. The lowest BCUT2D eigenvalue weighted by molar-refractivity contribution is -0.318. The van der Waals surface area contributed by atoms with Gasteiger partial charge >= 0.3 is 12.1 Å². The van der Waals surface area contributed by atoms with Gasteiger partial charge in [-0.1, -0.05) is 91.0 Å². The highest BCUT2D eigenvalue weighted by Crippen LogP contribution is 2.46. The van der Waals surface area contributed by atoms with Crippen molar-refractivity contribution < 1.29 is 19.0 Å². The van der Waals surface area contributed by atoms with E-state index in [2.05, 4.69) is 0 Å². The molecule has 0 aliphatic carbocycles. The van der Waals surface area contributed by atoms with Crippen molar-refractivity contribution in [2.45, 2.75) is 24.5 Å². The third-order valence-corrected chi connectivity index (χ3v) is 5.81. The molecule has 2 aliphatic heterocycles. The summed E-state index contributed by atoms with van der Waals surface area (Å²) in [5.74, 6) is -0.858. The number of carbonyl (C=O) groups is 1. The Morgan fingerprint density at radius 2 is 1.42 bits per heavy atom. The summed E-state index contributed by atoms with van der Waals surface area (Å²) in [6.07, 6.45) is 2.08. The summed E-state index contributed by atoms with van der Waals surface area (Å²) in [6, 6.07) is 28.9. The largest absolute Gasteiger partial charge is 0.428 e. The summed E-state index contributed by atoms with van der Waals surface area (Å²) >= 11 is 0. The zero-order valence-electron chi connectivity index (χ0n) is 17.2. The van der Waals surface area contributed by atoms with Gasteiger partial charge < -0.3 is 14.2 Å². The van der Waals surface area contributed by atoms with Gasteiger partial charge in [-0.3, -0.25) is 4.90 Å². The number of hydrogen-bond donors (Lipinski definition) is 0. The SMILES string of the molecule is COC12OC(=O)N(C(c3ccccc3)c3ccccc3)C1CC=C(c1ccccc1)O2. The number of ether oxygens (including phenoxy) is 3. The molecule has 0 N–H and O–H groups in total. The Bertz CT molecular complexity index is 1040. The van der Waals surface area contributed by atoms with Crippen LogP contribution in [0.3, 0.4) is 0 Å². The van der Waals surface area contributed by atoms with Gasteiger partial charge in [-0.15, -0.1) is 0 Å². The van der Waals surface area contributed by atoms with E-state index in [0.717, 1.165) is 16.7 Å². The molecule has 2 unspecified atom stereocenters. The van der Waals surface area contributed by atoms with Gasteiger partial charge in [0, 0.05) is 19.1 Å². The van der Waals surface area contributed by atoms with Crippen LogP contribution >= 0.6 is 0 Å². The molecule has 2 aliphatic rings. The molecule has 1 amide bonds. The maximum absolute atomic E-state index is 13.3. The minimum absolute atomic E-state index is 0.327. The highest BCUT2D eigenvalue weighted by atomic mass is 16.9. The van der Waals surface area contributed by atoms with Crippen LogP contribution in [0.25, 0.3) is 5.76 Å². The minimum Gasteiger partial charge on any atom is -0.428 e. The van der Waals surface area contributed by atoms with Crippen molar-refractivity contribution in [2.24, 2.45) is 0 Å². The Morgan fingerprint density at radius 3 is 1.97 bits per heavy atom. The molecule has 5 nitrogen and oxygen atoms in total. The second kappa shape index (κ2) is 7.93. The number of amides is 1.